The first-order chi connectivity index (χ1) is 30.0. The van der Waals surface area contributed by atoms with Crippen molar-refractivity contribution in [2.24, 2.45) is 5.73 Å². The summed E-state index contributed by atoms with van der Waals surface area (Å²) in [5.74, 6) is -3.31. The van der Waals surface area contributed by atoms with Gasteiger partial charge >= 0.3 is 19.7 Å². The number of nitro benzene ring substituents is 2. The SMILES string of the molecule is C.C.CC(C)OC(=O)[C@@H](N)Cc1ccccc1.CC(C)OC(=O)[C@H](Cc1ccccc1)NP(=O)(Oc1ccccc1)Oc1ccc([N+](=O)[O-])cc1.CP(=O)(Cl)Cl.Cl.O=[N+]([O-])c1ccc(O)cc1.[HH]. The van der Waals surface area contributed by atoms with Crippen LogP contribution in [0.5, 0.6) is 17.2 Å². The fourth-order valence-corrected chi connectivity index (χ4v) is 6.36. The van der Waals surface area contributed by atoms with Crippen molar-refractivity contribution in [2.75, 3.05) is 6.66 Å². The number of rotatable bonds is 16. The summed E-state index contributed by atoms with van der Waals surface area (Å²) in [6, 6.07) is 35.6. The Bertz CT molecular complexity index is 2300. The molecule has 22 heteroatoms. The van der Waals surface area contributed by atoms with Crippen molar-refractivity contribution in [1.29, 1.82) is 0 Å². The van der Waals surface area contributed by atoms with Crippen molar-refractivity contribution in [3.05, 3.63) is 171 Å². The van der Waals surface area contributed by atoms with Crippen LogP contribution in [0.15, 0.2) is 140 Å². The molecule has 67 heavy (non-hydrogen) atoms. The van der Waals surface area contributed by atoms with E-state index in [1.54, 1.807) is 44.2 Å². The molecule has 0 aliphatic heterocycles. The molecular formula is C45H61Cl3N4O13P2. The van der Waals surface area contributed by atoms with E-state index in [0.717, 1.165) is 11.1 Å². The van der Waals surface area contributed by atoms with Gasteiger partial charge in [-0.1, -0.05) is 93.7 Å². The van der Waals surface area contributed by atoms with E-state index < -0.39 is 47.6 Å². The number of non-ortho nitro benzene ring substituents is 2. The molecule has 0 radical (unpaired) electrons. The number of ether oxygens (including phenoxy) is 2. The number of hydrogen-bond acceptors (Lipinski definition) is 14. The van der Waals surface area contributed by atoms with E-state index in [0.29, 0.717) is 6.42 Å². The molecule has 1 unspecified atom stereocenters. The molecule has 0 spiro atoms. The molecule has 17 nitrogen and oxygen atoms in total. The monoisotopic (exact) mass is 1030 g/mol. The fraction of sp³-hybridized carbons (Fsp3) is 0.289. The van der Waals surface area contributed by atoms with Crippen LogP contribution >= 0.6 is 48.5 Å². The lowest BCUT2D eigenvalue weighted by molar-refractivity contribution is -0.385. The van der Waals surface area contributed by atoms with Gasteiger partial charge in [0.1, 0.15) is 29.3 Å². The molecule has 3 atom stereocenters. The molecule has 0 heterocycles. The zero-order valence-electron chi connectivity index (χ0n) is 35.9. The highest BCUT2D eigenvalue weighted by atomic mass is 35.9. The normalized spacial score (nSPS) is 11.9. The number of carbonyl (C=O) groups excluding carboxylic acids is 2. The summed E-state index contributed by atoms with van der Waals surface area (Å²) in [6.45, 7) is 8.33. The van der Waals surface area contributed by atoms with Crippen molar-refractivity contribution >= 4 is 71.8 Å². The second-order valence-electron chi connectivity index (χ2n) is 13.9. The largest absolute Gasteiger partial charge is 0.513 e. The third kappa shape index (κ3) is 28.3. The van der Waals surface area contributed by atoms with E-state index >= 15 is 0 Å². The first-order valence-corrected chi connectivity index (χ1v) is 24.8. The van der Waals surface area contributed by atoms with Crippen LogP contribution in [-0.2, 0) is 41.0 Å². The highest BCUT2D eigenvalue weighted by Crippen LogP contribution is 2.52. The summed E-state index contributed by atoms with van der Waals surface area (Å²) < 4.78 is 45.3. The minimum atomic E-state index is -4.21. The van der Waals surface area contributed by atoms with Crippen LogP contribution in [0.2, 0.25) is 0 Å². The molecule has 0 saturated heterocycles. The Hall–Kier alpha value is -5.51. The highest BCUT2D eigenvalue weighted by Gasteiger charge is 2.36. The van der Waals surface area contributed by atoms with Crippen molar-refractivity contribution in [2.45, 2.75) is 79.7 Å². The molecule has 5 rings (SSSR count). The standard InChI is InChI=1S/C24H25N2O7P.C12H17NO2.C6H5NO3.CH3Cl2OP.2CH4.ClH.H2/c1-18(2)31-24(27)23(17-19-9-5-3-6-10-19)25-34(30,32-21-11-7-4-8-12-21)33-22-15-13-20(14-16-22)26(28)29;1-9(2)15-12(14)11(13)8-10-6-4-3-5-7-10;8-6-3-1-5(2-4-6)7(9)10;1-5(2,3)4;;;;/h3-16,18,23H,17H2,1-2H3,(H,25,30);3-7,9,11H,8,13H2,1-2H3;1-4,8H;1H3;2*1H4;2*1H/t23-,34?;11-;;;;;;/m00....../s1. The van der Waals surface area contributed by atoms with Crippen LogP contribution in [0, 0.1) is 20.2 Å². The Balaban J connectivity index is -0.00000103. The third-order valence-corrected chi connectivity index (χ3v) is 9.02. The number of para-hydroxylation sites is 1. The van der Waals surface area contributed by atoms with E-state index in [9.17, 15) is 38.9 Å². The molecule has 0 fully saturated rings. The number of nitrogens with zero attached hydrogens (tertiary/aromatic N) is 2. The maximum atomic E-state index is 13.9. The Labute approximate surface area is 409 Å². The van der Waals surface area contributed by atoms with E-state index in [1.165, 1.54) is 55.2 Å². The number of nitro groups is 2. The van der Waals surface area contributed by atoms with Crippen molar-refractivity contribution in [3.63, 3.8) is 0 Å². The zero-order valence-corrected chi connectivity index (χ0v) is 40.0. The Morgan fingerprint density at radius 3 is 1.39 bits per heavy atom. The molecule has 370 valence electrons. The first kappa shape index (κ1) is 63.6. The number of phenols is 1. The minimum Gasteiger partial charge on any atom is -0.508 e. The summed E-state index contributed by atoms with van der Waals surface area (Å²) in [5, 5.41) is 32.4. The van der Waals surface area contributed by atoms with Gasteiger partial charge in [0, 0.05) is 32.4 Å². The Morgan fingerprint density at radius 2 is 1.00 bits per heavy atom. The maximum Gasteiger partial charge on any atom is 0.513 e. The zero-order chi connectivity index (χ0) is 47.9. The number of benzene rings is 5. The van der Waals surface area contributed by atoms with Crippen molar-refractivity contribution < 1.29 is 53.6 Å². The van der Waals surface area contributed by atoms with Crippen molar-refractivity contribution in [1.82, 2.24) is 5.09 Å². The number of nitrogens with two attached hydrogens (primary N) is 1. The number of hydrogen-bond donors (Lipinski definition) is 3. The summed E-state index contributed by atoms with van der Waals surface area (Å²) in [6.07, 6.45) is 0.182. The summed E-state index contributed by atoms with van der Waals surface area (Å²) in [7, 11) is -4.21. The highest BCUT2D eigenvalue weighted by molar-refractivity contribution is 8.08. The van der Waals surface area contributed by atoms with Crippen LogP contribution in [0.25, 0.3) is 0 Å². The number of halogens is 3. The Kier molecular flexibility index (Phi) is 30.6. The summed E-state index contributed by atoms with van der Waals surface area (Å²) >= 11 is 9.70. The second-order valence-corrected chi connectivity index (χ2v) is 21.3. The van der Waals surface area contributed by atoms with Gasteiger partial charge in [0.05, 0.1) is 22.1 Å². The second kappa shape index (κ2) is 32.2. The third-order valence-electron chi connectivity index (χ3n) is 7.49. The van der Waals surface area contributed by atoms with Gasteiger partial charge in [-0.15, -0.1) is 12.4 Å². The van der Waals surface area contributed by atoms with Gasteiger partial charge in [0.2, 0.25) is 5.85 Å². The van der Waals surface area contributed by atoms with E-state index in [-0.39, 0.29) is 75.8 Å². The van der Waals surface area contributed by atoms with E-state index in [4.69, 9.17) is 51.8 Å². The van der Waals surface area contributed by atoms with E-state index in [2.05, 4.69) is 5.09 Å². The summed E-state index contributed by atoms with van der Waals surface area (Å²) in [5.41, 5.74) is 7.41. The van der Waals surface area contributed by atoms with Gasteiger partial charge in [0.15, 0.2) is 0 Å². The molecule has 5 aromatic rings. The van der Waals surface area contributed by atoms with Gasteiger partial charge in [-0.2, -0.15) is 5.09 Å². The van der Waals surface area contributed by atoms with Crippen molar-refractivity contribution in [3.8, 4) is 17.2 Å². The molecule has 0 saturated carbocycles. The number of carbonyl (C=O) groups is 2. The smallest absolute Gasteiger partial charge is 0.508 e. The molecule has 0 aromatic heterocycles. The van der Waals surface area contributed by atoms with Crippen LogP contribution in [0.4, 0.5) is 11.4 Å². The van der Waals surface area contributed by atoms with Crippen LogP contribution in [-0.4, -0.2) is 57.8 Å². The number of phenolic OH excluding ortho intramolecular Hbond substituents is 1. The van der Waals surface area contributed by atoms with E-state index in [1.807, 2.05) is 74.5 Å². The summed E-state index contributed by atoms with van der Waals surface area (Å²) in [4.78, 5) is 44.2. The lowest BCUT2D eigenvalue weighted by Crippen LogP contribution is -2.40. The number of aromatic hydroxyl groups is 1. The van der Waals surface area contributed by atoms with Gasteiger partial charge in [0.25, 0.3) is 11.4 Å². The topological polar surface area (TPSA) is 250 Å². The van der Waals surface area contributed by atoms with Crippen LogP contribution in [0.3, 0.4) is 0 Å². The molecule has 0 aliphatic carbocycles. The van der Waals surface area contributed by atoms with Crippen LogP contribution in [0.1, 0.15) is 55.1 Å². The molecule has 0 amide bonds. The fourth-order valence-electron chi connectivity index (χ4n) is 4.84. The maximum absolute atomic E-state index is 13.9. The predicted octanol–water partition coefficient (Wildman–Crippen LogP) is 12.3. The lowest BCUT2D eigenvalue weighted by Gasteiger charge is -2.25. The average molecular weight is 1030 g/mol. The quantitative estimate of drug-likeness (QED) is 0.0360. The molecule has 5 aromatic carbocycles. The molecule has 4 N–H and O–H groups in total. The lowest BCUT2D eigenvalue weighted by atomic mass is 10.1. The Morgan fingerprint density at radius 1 is 0.657 bits per heavy atom. The number of nitrogens with one attached hydrogen (secondary N) is 1. The number of esters is 2. The van der Waals surface area contributed by atoms with Gasteiger partial charge < -0.3 is 29.4 Å². The molecule has 0 bridgehead atoms. The van der Waals surface area contributed by atoms with Crippen LogP contribution < -0.4 is 19.9 Å². The van der Waals surface area contributed by atoms with Gasteiger partial charge in [-0.05, 0) is 111 Å². The predicted molar refractivity (Wildman–Crippen MR) is 269 cm³/mol. The minimum absolute atomic E-state index is 0. The van der Waals surface area contributed by atoms with Gasteiger partial charge in [-0.25, -0.2) is 4.57 Å². The molecular weight excluding hydrogens is 973 g/mol. The molecule has 0 aliphatic rings. The first-order valence-electron chi connectivity index (χ1n) is 19.2. The van der Waals surface area contributed by atoms with Gasteiger partial charge in [-0.3, -0.25) is 34.4 Å². The average Bonchev–Trinajstić information content (AvgIpc) is 3.21.